The first kappa shape index (κ1) is 16.5. The van der Waals surface area contributed by atoms with Crippen molar-refractivity contribution in [2.24, 2.45) is 0 Å². The Balaban J connectivity index is 1.68. The monoisotopic (exact) mass is 356 g/mol. The van der Waals surface area contributed by atoms with Gasteiger partial charge in [-0.25, -0.2) is 0 Å². The van der Waals surface area contributed by atoms with Gasteiger partial charge in [0.15, 0.2) is 5.11 Å². The van der Waals surface area contributed by atoms with Crippen molar-refractivity contribution >= 4 is 17.3 Å². The van der Waals surface area contributed by atoms with E-state index in [4.69, 9.17) is 17.0 Å². The lowest BCUT2D eigenvalue weighted by atomic mass is 10.0. The number of ether oxygens (including phenoxy) is 1. The Morgan fingerprint density at radius 1 is 1.32 bits per heavy atom. The van der Waals surface area contributed by atoms with Crippen LogP contribution in [-0.2, 0) is 11.3 Å². The van der Waals surface area contributed by atoms with Crippen LogP contribution in [0.3, 0.4) is 0 Å². The molecular formula is C19H24N4OS. The second kappa shape index (κ2) is 7.14. The zero-order valence-corrected chi connectivity index (χ0v) is 15.3. The third-order valence-electron chi connectivity index (χ3n) is 5.13. The standard InChI is InChI=1S/C19H24N4OS/c1-2-23-18(17(21-19(23)25)15-8-3-4-10-20-15)16-9-5-11-22(16)13-14-7-6-12-24-14/h3-5,8-11,14,17-18H,2,6-7,12-13H2,1H3,(H,21,25). The molecule has 0 amide bonds. The molecule has 2 aliphatic heterocycles. The average molecular weight is 356 g/mol. The Bertz CT molecular complexity index is 726. The van der Waals surface area contributed by atoms with Crippen molar-refractivity contribution in [3.05, 3.63) is 54.1 Å². The van der Waals surface area contributed by atoms with Crippen LogP contribution in [0.1, 0.15) is 43.2 Å². The molecule has 0 spiro atoms. The Kier molecular flexibility index (Phi) is 4.72. The second-order valence-corrected chi connectivity index (χ2v) is 7.02. The first-order valence-corrected chi connectivity index (χ1v) is 9.43. The molecule has 2 aromatic rings. The van der Waals surface area contributed by atoms with Crippen molar-refractivity contribution in [2.45, 2.75) is 44.5 Å². The van der Waals surface area contributed by atoms with Crippen LogP contribution in [0.25, 0.3) is 0 Å². The van der Waals surface area contributed by atoms with Crippen LogP contribution in [0, 0.1) is 0 Å². The molecule has 0 aliphatic carbocycles. The molecule has 6 heteroatoms. The third kappa shape index (κ3) is 3.16. The summed E-state index contributed by atoms with van der Waals surface area (Å²) in [7, 11) is 0. The van der Waals surface area contributed by atoms with Gasteiger partial charge in [-0.1, -0.05) is 6.07 Å². The molecule has 2 aromatic heterocycles. The van der Waals surface area contributed by atoms with E-state index in [-0.39, 0.29) is 12.1 Å². The lowest BCUT2D eigenvalue weighted by Crippen LogP contribution is -2.30. The van der Waals surface area contributed by atoms with E-state index in [0.29, 0.717) is 6.10 Å². The lowest BCUT2D eigenvalue weighted by molar-refractivity contribution is 0.0954. The maximum atomic E-state index is 5.84. The summed E-state index contributed by atoms with van der Waals surface area (Å²) in [4.78, 5) is 6.83. The molecule has 132 valence electrons. The average Bonchev–Trinajstić information content (AvgIpc) is 3.36. The minimum absolute atomic E-state index is 0.0618. The molecule has 25 heavy (non-hydrogen) atoms. The number of thiocarbonyl (C=S) groups is 1. The van der Waals surface area contributed by atoms with Crippen molar-refractivity contribution in [3.8, 4) is 0 Å². The molecule has 2 saturated heterocycles. The molecular weight excluding hydrogens is 332 g/mol. The minimum Gasteiger partial charge on any atom is -0.376 e. The van der Waals surface area contributed by atoms with E-state index in [9.17, 15) is 0 Å². The van der Waals surface area contributed by atoms with Crippen LogP contribution in [-0.4, -0.2) is 38.8 Å². The van der Waals surface area contributed by atoms with Crippen LogP contribution in [0.4, 0.5) is 0 Å². The van der Waals surface area contributed by atoms with Gasteiger partial charge in [-0.3, -0.25) is 4.98 Å². The summed E-state index contributed by atoms with van der Waals surface area (Å²) in [6, 6.07) is 10.6. The van der Waals surface area contributed by atoms with Crippen LogP contribution in [0.5, 0.6) is 0 Å². The molecule has 0 bridgehead atoms. The fraction of sp³-hybridized carbons (Fsp3) is 0.474. The number of pyridine rings is 1. The molecule has 2 aliphatic rings. The van der Waals surface area contributed by atoms with Crippen molar-refractivity contribution in [2.75, 3.05) is 13.2 Å². The van der Waals surface area contributed by atoms with Gasteiger partial charge in [0, 0.05) is 37.8 Å². The lowest BCUT2D eigenvalue weighted by Gasteiger charge is -2.28. The fourth-order valence-corrected chi connectivity index (χ4v) is 4.31. The van der Waals surface area contributed by atoms with Gasteiger partial charge >= 0.3 is 0 Å². The summed E-state index contributed by atoms with van der Waals surface area (Å²) in [6.07, 6.45) is 6.61. The summed E-state index contributed by atoms with van der Waals surface area (Å²) < 4.78 is 8.17. The highest BCUT2D eigenvalue weighted by Crippen LogP contribution is 2.38. The van der Waals surface area contributed by atoms with E-state index in [1.165, 1.54) is 5.69 Å². The molecule has 4 rings (SSSR count). The van der Waals surface area contributed by atoms with Crippen LogP contribution in [0.15, 0.2) is 42.7 Å². The second-order valence-electron chi connectivity index (χ2n) is 6.63. The first-order valence-electron chi connectivity index (χ1n) is 9.02. The van der Waals surface area contributed by atoms with Gasteiger partial charge < -0.3 is 19.5 Å². The predicted molar refractivity (Wildman–Crippen MR) is 101 cm³/mol. The van der Waals surface area contributed by atoms with Gasteiger partial charge in [-0.15, -0.1) is 0 Å². The van der Waals surface area contributed by atoms with Gasteiger partial charge in [0.1, 0.15) is 0 Å². The SMILES string of the molecule is CCN1C(=S)NC(c2ccccn2)C1c1cccn1CC1CCCO1. The van der Waals surface area contributed by atoms with Crippen molar-refractivity contribution < 1.29 is 4.74 Å². The maximum absolute atomic E-state index is 5.84. The van der Waals surface area contributed by atoms with Gasteiger partial charge in [-0.05, 0) is 56.2 Å². The quantitative estimate of drug-likeness (QED) is 0.834. The summed E-state index contributed by atoms with van der Waals surface area (Å²) in [5.41, 5.74) is 2.29. The van der Waals surface area contributed by atoms with Gasteiger partial charge in [0.05, 0.1) is 23.9 Å². The number of likely N-dealkylation sites (N-methyl/N-ethyl adjacent to an activating group) is 1. The molecule has 0 aromatic carbocycles. The van der Waals surface area contributed by atoms with Crippen molar-refractivity contribution in [1.29, 1.82) is 0 Å². The molecule has 2 fully saturated rings. The Morgan fingerprint density at radius 3 is 2.96 bits per heavy atom. The highest BCUT2D eigenvalue weighted by molar-refractivity contribution is 7.80. The summed E-state index contributed by atoms with van der Waals surface area (Å²) in [6.45, 7) is 4.80. The van der Waals surface area contributed by atoms with E-state index in [1.807, 2.05) is 18.3 Å². The van der Waals surface area contributed by atoms with E-state index >= 15 is 0 Å². The van der Waals surface area contributed by atoms with E-state index < -0.39 is 0 Å². The minimum atomic E-state index is 0.0618. The highest BCUT2D eigenvalue weighted by atomic mass is 32.1. The van der Waals surface area contributed by atoms with Crippen LogP contribution < -0.4 is 5.32 Å². The largest absolute Gasteiger partial charge is 0.376 e. The number of hydrogen-bond acceptors (Lipinski definition) is 3. The van der Waals surface area contributed by atoms with Gasteiger partial charge in [0.2, 0.25) is 0 Å². The fourth-order valence-electron chi connectivity index (χ4n) is 3.94. The maximum Gasteiger partial charge on any atom is 0.170 e. The summed E-state index contributed by atoms with van der Waals surface area (Å²) in [5.74, 6) is 0. The Hall–Kier alpha value is -1.92. The van der Waals surface area contributed by atoms with Gasteiger partial charge in [0.25, 0.3) is 0 Å². The Labute approximate surface area is 154 Å². The van der Waals surface area contributed by atoms with Crippen LogP contribution in [0.2, 0.25) is 0 Å². The zero-order valence-electron chi connectivity index (χ0n) is 14.5. The molecule has 1 N–H and O–H groups in total. The molecule has 5 nitrogen and oxygen atoms in total. The number of hydrogen-bond donors (Lipinski definition) is 1. The summed E-state index contributed by atoms with van der Waals surface area (Å²) in [5, 5.41) is 4.28. The predicted octanol–water partition coefficient (Wildman–Crippen LogP) is 3.05. The number of nitrogens with zero attached hydrogens (tertiary/aromatic N) is 3. The molecule has 4 heterocycles. The number of nitrogens with one attached hydrogen (secondary N) is 1. The topological polar surface area (TPSA) is 42.3 Å². The zero-order chi connectivity index (χ0) is 17.2. The van der Waals surface area contributed by atoms with E-state index in [0.717, 1.165) is 43.3 Å². The molecule has 3 unspecified atom stereocenters. The number of aromatic nitrogens is 2. The van der Waals surface area contributed by atoms with E-state index in [1.54, 1.807) is 0 Å². The normalized spacial score (nSPS) is 26.2. The molecule has 0 radical (unpaired) electrons. The Morgan fingerprint density at radius 2 is 2.24 bits per heavy atom. The summed E-state index contributed by atoms with van der Waals surface area (Å²) >= 11 is 5.61. The molecule has 3 atom stereocenters. The van der Waals surface area contributed by atoms with Crippen molar-refractivity contribution in [1.82, 2.24) is 19.8 Å². The first-order chi connectivity index (χ1) is 12.3. The van der Waals surface area contributed by atoms with Crippen molar-refractivity contribution in [3.63, 3.8) is 0 Å². The molecule has 0 saturated carbocycles. The smallest absolute Gasteiger partial charge is 0.170 e. The third-order valence-corrected chi connectivity index (χ3v) is 5.48. The number of rotatable bonds is 5. The van der Waals surface area contributed by atoms with E-state index in [2.05, 4.69) is 51.1 Å². The van der Waals surface area contributed by atoms with Gasteiger partial charge in [-0.2, -0.15) is 0 Å². The highest BCUT2D eigenvalue weighted by Gasteiger charge is 2.40. The van der Waals surface area contributed by atoms with Crippen LogP contribution >= 0.6 is 12.2 Å².